The Labute approximate surface area is 95.6 Å². The van der Waals surface area contributed by atoms with Crippen molar-refractivity contribution in [3.8, 4) is 0 Å². The Balaban J connectivity index is 1.97. The highest BCUT2D eigenvalue weighted by atomic mass is 35.5. The molecule has 1 saturated heterocycles. The SMILES string of the molecule is Clc1cccc(N=CN2CCCCC2)c1. The Kier molecular flexibility index (Phi) is 3.62. The first-order valence-corrected chi connectivity index (χ1v) is 5.76. The summed E-state index contributed by atoms with van der Waals surface area (Å²) in [6, 6.07) is 7.63. The van der Waals surface area contributed by atoms with Gasteiger partial charge in [0.2, 0.25) is 0 Å². The maximum atomic E-state index is 5.88. The monoisotopic (exact) mass is 222 g/mol. The topological polar surface area (TPSA) is 15.6 Å². The Morgan fingerprint density at radius 2 is 2.00 bits per heavy atom. The number of aliphatic imine (C=N–C) groups is 1. The van der Waals surface area contributed by atoms with Crippen molar-refractivity contribution in [2.45, 2.75) is 19.3 Å². The molecule has 0 bridgehead atoms. The molecule has 0 aromatic heterocycles. The second kappa shape index (κ2) is 5.17. The van der Waals surface area contributed by atoms with E-state index in [1.54, 1.807) is 0 Å². The van der Waals surface area contributed by atoms with Crippen LogP contribution in [0.5, 0.6) is 0 Å². The molecular weight excluding hydrogens is 208 g/mol. The van der Waals surface area contributed by atoms with Gasteiger partial charge >= 0.3 is 0 Å². The molecule has 0 amide bonds. The molecule has 1 aliphatic rings. The summed E-state index contributed by atoms with van der Waals surface area (Å²) in [4.78, 5) is 6.68. The van der Waals surface area contributed by atoms with Gasteiger partial charge in [-0.2, -0.15) is 0 Å². The van der Waals surface area contributed by atoms with E-state index in [2.05, 4.69) is 9.89 Å². The highest BCUT2D eigenvalue weighted by molar-refractivity contribution is 6.30. The van der Waals surface area contributed by atoms with Crippen molar-refractivity contribution in [1.29, 1.82) is 0 Å². The molecule has 1 heterocycles. The fraction of sp³-hybridized carbons (Fsp3) is 0.417. The molecule has 1 aliphatic heterocycles. The zero-order chi connectivity index (χ0) is 10.5. The minimum Gasteiger partial charge on any atom is -0.363 e. The van der Waals surface area contributed by atoms with Gasteiger partial charge in [-0.15, -0.1) is 0 Å². The van der Waals surface area contributed by atoms with E-state index in [0.717, 1.165) is 23.8 Å². The minimum atomic E-state index is 0.739. The molecule has 0 atom stereocenters. The van der Waals surface area contributed by atoms with Crippen LogP contribution in [-0.4, -0.2) is 24.3 Å². The lowest BCUT2D eigenvalue weighted by Crippen LogP contribution is -2.27. The lowest BCUT2D eigenvalue weighted by atomic mass is 10.1. The van der Waals surface area contributed by atoms with Gasteiger partial charge in [0.05, 0.1) is 12.0 Å². The smallest absolute Gasteiger partial charge is 0.0912 e. The molecule has 1 fully saturated rings. The van der Waals surface area contributed by atoms with Crippen LogP contribution >= 0.6 is 11.6 Å². The molecule has 3 heteroatoms. The van der Waals surface area contributed by atoms with Gasteiger partial charge in [-0.05, 0) is 37.5 Å². The molecule has 0 saturated carbocycles. The third-order valence-electron chi connectivity index (χ3n) is 2.57. The Hall–Kier alpha value is -1.02. The van der Waals surface area contributed by atoms with Gasteiger partial charge in [0.15, 0.2) is 0 Å². The average molecular weight is 223 g/mol. The van der Waals surface area contributed by atoms with Gasteiger partial charge in [-0.3, -0.25) is 0 Å². The number of hydrogen-bond acceptors (Lipinski definition) is 1. The summed E-state index contributed by atoms with van der Waals surface area (Å²) in [5, 5.41) is 0.739. The Morgan fingerprint density at radius 3 is 2.73 bits per heavy atom. The molecule has 1 aromatic rings. The summed E-state index contributed by atoms with van der Waals surface area (Å²) in [5.74, 6) is 0. The molecule has 2 nitrogen and oxygen atoms in total. The predicted molar refractivity (Wildman–Crippen MR) is 65.0 cm³/mol. The first-order chi connectivity index (χ1) is 7.34. The maximum absolute atomic E-state index is 5.88. The number of halogens is 1. The Morgan fingerprint density at radius 1 is 1.20 bits per heavy atom. The van der Waals surface area contributed by atoms with Crippen molar-refractivity contribution >= 4 is 23.6 Å². The maximum Gasteiger partial charge on any atom is 0.0912 e. The molecule has 15 heavy (non-hydrogen) atoms. The molecule has 1 aromatic carbocycles. The first kappa shape index (κ1) is 10.5. The van der Waals surface area contributed by atoms with Crippen LogP contribution < -0.4 is 0 Å². The van der Waals surface area contributed by atoms with E-state index in [1.807, 2.05) is 30.6 Å². The number of piperidine rings is 1. The summed E-state index contributed by atoms with van der Waals surface area (Å²) in [6.45, 7) is 2.26. The number of likely N-dealkylation sites (tertiary alicyclic amines) is 1. The van der Waals surface area contributed by atoms with E-state index in [-0.39, 0.29) is 0 Å². The minimum absolute atomic E-state index is 0.739. The van der Waals surface area contributed by atoms with Crippen LogP contribution in [0.4, 0.5) is 5.69 Å². The van der Waals surface area contributed by atoms with Gasteiger partial charge in [0.1, 0.15) is 0 Å². The largest absolute Gasteiger partial charge is 0.363 e. The van der Waals surface area contributed by atoms with Gasteiger partial charge in [0, 0.05) is 18.1 Å². The van der Waals surface area contributed by atoms with E-state index in [1.165, 1.54) is 19.3 Å². The van der Waals surface area contributed by atoms with Crippen LogP contribution in [-0.2, 0) is 0 Å². The molecule has 2 rings (SSSR count). The third kappa shape index (κ3) is 3.24. The fourth-order valence-corrected chi connectivity index (χ4v) is 1.92. The normalized spacial score (nSPS) is 17.3. The van der Waals surface area contributed by atoms with Crippen LogP contribution in [0.15, 0.2) is 29.3 Å². The van der Waals surface area contributed by atoms with Gasteiger partial charge in [-0.1, -0.05) is 17.7 Å². The lowest BCUT2D eigenvalue weighted by molar-refractivity contribution is 0.351. The van der Waals surface area contributed by atoms with E-state index in [0.29, 0.717) is 0 Å². The van der Waals surface area contributed by atoms with Crippen molar-refractivity contribution in [3.63, 3.8) is 0 Å². The highest BCUT2D eigenvalue weighted by Gasteiger charge is 2.05. The van der Waals surface area contributed by atoms with Crippen LogP contribution in [0.1, 0.15) is 19.3 Å². The van der Waals surface area contributed by atoms with E-state index < -0.39 is 0 Å². The van der Waals surface area contributed by atoms with Gasteiger partial charge in [0.25, 0.3) is 0 Å². The van der Waals surface area contributed by atoms with Crippen molar-refractivity contribution in [3.05, 3.63) is 29.3 Å². The second-order valence-electron chi connectivity index (χ2n) is 3.82. The quantitative estimate of drug-likeness (QED) is 0.553. The summed E-state index contributed by atoms with van der Waals surface area (Å²) in [7, 11) is 0. The van der Waals surface area contributed by atoms with Crippen molar-refractivity contribution in [2.75, 3.05) is 13.1 Å². The van der Waals surface area contributed by atoms with Crippen molar-refractivity contribution < 1.29 is 0 Å². The summed E-state index contributed by atoms with van der Waals surface area (Å²) >= 11 is 5.88. The van der Waals surface area contributed by atoms with Crippen molar-refractivity contribution in [2.24, 2.45) is 4.99 Å². The molecule has 0 aliphatic carbocycles. The number of nitrogens with zero attached hydrogens (tertiary/aromatic N) is 2. The van der Waals surface area contributed by atoms with Gasteiger partial charge < -0.3 is 4.90 Å². The van der Waals surface area contributed by atoms with Crippen LogP contribution in [0.2, 0.25) is 5.02 Å². The summed E-state index contributed by atoms with van der Waals surface area (Å²) in [5.41, 5.74) is 0.924. The number of rotatable bonds is 2. The van der Waals surface area contributed by atoms with E-state index in [4.69, 9.17) is 11.6 Å². The average Bonchev–Trinajstić information content (AvgIpc) is 2.28. The fourth-order valence-electron chi connectivity index (χ4n) is 1.74. The van der Waals surface area contributed by atoms with Crippen LogP contribution in [0.3, 0.4) is 0 Å². The zero-order valence-electron chi connectivity index (χ0n) is 8.69. The van der Waals surface area contributed by atoms with E-state index in [9.17, 15) is 0 Å². The van der Waals surface area contributed by atoms with E-state index >= 15 is 0 Å². The molecule has 0 N–H and O–H groups in total. The molecule has 0 radical (unpaired) electrons. The molecule has 0 unspecified atom stereocenters. The summed E-state index contributed by atoms with van der Waals surface area (Å²) < 4.78 is 0. The van der Waals surface area contributed by atoms with Crippen molar-refractivity contribution in [1.82, 2.24) is 4.90 Å². The number of benzene rings is 1. The second-order valence-corrected chi connectivity index (χ2v) is 4.26. The molecule has 0 spiro atoms. The molecule has 80 valence electrons. The molecular formula is C12H15ClN2. The van der Waals surface area contributed by atoms with Crippen LogP contribution in [0, 0.1) is 0 Å². The first-order valence-electron chi connectivity index (χ1n) is 5.38. The standard InChI is InChI=1S/C12H15ClN2/c13-11-5-4-6-12(9-11)14-10-15-7-2-1-3-8-15/h4-6,9-10H,1-3,7-8H2. The zero-order valence-corrected chi connectivity index (χ0v) is 9.45. The number of hydrogen-bond donors (Lipinski definition) is 0. The Bertz CT molecular complexity index is 343. The van der Waals surface area contributed by atoms with Crippen LogP contribution in [0.25, 0.3) is 0 Å². The third-order valence-corrected chi connectivity index (χ3v) is 2.80. The highest BCUT2D eigenvalue weighted by Crippen LogP contribution is 2.17. The van der Waals surface area contributed by atoms with Gasteiger partial charge in [-0.25, -0.2) is 4.99 Å². The summed E-state index contributed by atoms with van der Waals surface area (Å²) in [6.07, 6.45) is 5.84. The lowest BCUT2D eigenvalue weighted by Gasteiger charge is -2.23. The predicted octanol–water partition coefficient (Wildman–Crippen LogP) is 3.49.